The van der Waals surface area contributed by atoms with E-state index in [1.165, 1.54) is 76.0 Å². The number of nitrogens with one attached hydrogen (secondary N) is 1. The summed E-state index contributed by atoms with van der Waals surface area (Å²) in [6.07, 6.45) is 9.05. The molecule has 0 aliphatic carbocycles. The Morgan fingerprint density at radius 3 is 1.62 bits per heavy atom. The summed E-state index contributed by atoms with van der Waals surface area (Å²) in [5.74, 6) is -0.743. The Morgan fingerprint density at radius 2 is 1.05 bits per heavy atom. The van der Waals surface area contributed by atoms with Gasteiger partial charge in [-0.2, -0.15) is 0 Å². The van der Waals surface area contributed by atoms with E-state index < -0.39 is 53.4 Å². The van der Waals surface area contributed by atoms with Crippen LogP contribution in [0.2, 0.25) is 15.1 Å². The molecular weight excluding hydrogens is 1940 g/mol. The number of hydrogen-bond donors (Lipinski definition) is 1. The number of pyridine rings is 2. The van der Waals surface area contributed by atoms with Gasteiger partial charge in [0, 0.05) is 124 Å². The van der Waals surface area contributed by atoms with Crippen molar-refractivity contribution in [2.45, 2.75) is 169 Å². The molecule has 0 atom stereocenters. The molecule has 1 saturated heterocycles. The van der Waals surface area contributed by atoms with Gasteiger partial charge in [0.25, 0.3) is 11.1 Å². The van der Waals surface area contributed by atoms with Crippen LogP contribution in [0.25, 0.3) is 42.9 Å². The van der Waals surface area contributed by atoms with Gasteiger partial charge in [0.05, 0.1) is 65.9 Å². The van der Waals surface area contributed by atoms with Gasteiger partial charge in [-0.05, 0) is 215 Å². The minimum absolute atomic E-state index is 0.00492. The van der Waals surface area contributed by atoms with E-state index in [0.29, 0.717) is 128 Å². The number of carbonyl (C=O) groups excluding carboxylic acids is 3. The average Bonchev–Trinajstić information content (AvgIpc) is 0.802. The number of ketones is 1. The van der Waals surface area contributed by atoms with Crippen molar-refractivity contribution in [1.29, 1.82) is 0 Å². The molecule has 0 radical (unpaired) electrons. The van der Waals surface area contributed by atoms with Crippen molar-refractivity contribution in [3.8, 4) is 0 Å². The Hall–Kier alpha value is -13.2. The Kier molecular flexibility index (Phi) is 35.4. The van der Waals surface area contributed by atoms with Gasteiger partial charge in [-0.15, -0.1) is 11.3 Å². The average molecular weight is 2050 g/mol. The zero-order valence-corrected chi connectivity index (χ0v) is 85.3. The summed E-state index contributed by atoms with van der Waals surface area (Å²) in [6, 6.07) is 75.2. The van der Waals surface area contributed by atoms with Gasteiger partial charge < -0.3 is 29.2 Å². The Labute approximate surface area is 846 Å². The summed E-state index contributed by atoms with van der Waals surface area (Å²) < 4.78 is 93.4. The molecule has 0 spiro atoms. The number of hydrogen-bond acceptors (Lipinski definition) is 17. The number of amides is 2. The lowest BCUT2D eigenvalue weighted by Gasteiger charge is -2.23. The molecule has 22 nitrogen and oxygen atoms in total. The highest BCUT2D eigenvalue weighted by atomic mass is 35.5. The third-order valence-corrected chi connectivity index (χ3v) is 31.4. The van der Waals surface area contributed by atoms with Crippen LogP contribution in [0.15, 0.2) is 321 Å². The van der Waals surface area contributed by atoms with Crippen LogP contribution in [0, 0.1) is 39.3 Å². The standard InChI is InChI=1S/C28H25Cl2N3O4.C28H27FN2O3S.C28H29FN2O3S.C27H28ClN3O2S2/c1-31(17-19-6-3-2-4-7-19)26(35)8-5-15-32-27(36)23-16-22(30)13-14-24(23)33(28(32)37)18-25(34)20-9-11-21(29)12-10-20;1-19-10-11-26(20(2)14-19)35(33,34)27-18-31(17-21-8-4-3-5-9-21)24-16-25(30-12-6-7-13-30)23(29)15-22(24)28(27)32;1-5-30(6-2)25-16-24-22(15-23(25)29)28(32)27(18-31(24)17-21-10-8-7-9-11-21)35(33,34)26-13-12-19(3)14-20(26)4;28-22-12-7-6-11-21(22)19-35-27-30-23-15-18-34-25(23)26(33)31(27)17-8-2-5-13-24(32)29-16-14-20-9-3-1-4-10-20/h2-4,6-7,9-14,16H,5,8,15,17-18H2,1H3;3-5,8-11,14-16,18H,6-7,12-13,17H2,1-2H3;7-16,18H,5-6,17H2,1-4H3;1,3-4,6-7,9-12,15,18H,2,5,8,13-14,16-17,19H2,(H,29,32). The fourth-order valence-corrected chi connectivity index (χ4v) is 22.9. The monoisotopic (exact) mass is 2040 g/mol. The third kappa shape index (κ3) is 25.5. The lowest BCUT2D eigenvalue weighted by molar-refractivity contribution is -0.130. The van der Waals surface area contributed by atoms with E-state index >= 15 is 8.78 Å². The number of aromatic nitrogens is 6. The molecule has 16 aromatic rings. The predicted octanol–water partition coefficient (Wildman–Crippen LogP) is 21.8. The van der Waals surface area contributed by atoms with Crippen molar-refractivity contribution in [3.63, 3.8) is 0 Å². The van der Waals surface area contributed by atoms with Gasteiger partial charge in [-0.1, -0.05) is 228 Å². The van der Waals surface area contributed by atoms with E-state index in [2.05, 4.69) is 17.4 Å². The molecule has 11 aromatic carbocycles. The Morgan fingerprint density at radius 1 is 0.514 bits per heavy atom. The molecule has 2 amide bonds. The van der Waals surface area contributed by atoms with Crippen LogP contribution in [0.1, 0.15) is 126 Å². The minimum Gasteiger partial charge on any atom is -0.370 e. The van der Waals surface area contributed by atoms with E-state index in [9.17, 15) is 55.2 Å². The lowest BCUT2D eigenvalue weighted by atomic mass is 10.1. The first kappa shape index (κ1) is 105. The molecular formula is C111H109Cl3F2N10O12S4. The SMILES string of the molecule is CCN(CC)c1cc2c(cc1F)c(=O)c(S(=O)(=O)c1ccc(C)cc1C)cn2Cc1ccccc1.CN(Cc1ccccc1)C(=O)CCCn1c(=O)c2cc(Cl)ccc2n(CC(=O)c2ccc(Cl)cc2)c1=O.Cc1ccc(S(=O)(=O)c2cn(Cc3ccccc3)c3cc(N4CCCC4)c(F)cc3c2=O)c(C)c1.O=C(CCCCCn1c(SCc2ccccc2Cl)nc2ccsc2c1=O)NCCc1ccccc1. The Balaban J connectivity index is 0.000000150. The van der Waals surface area contributed by atoms with E-state index in [4.69, 9.17) is 39.8 Å². The van der Waals surface area contributed by atoms with Crippen LogP contribution in [-0.2, 0) is 80.7 Å². The largest absolute Gasteiger partial charge is 0.370 e. The first-order valence-corrected chi connectivity index (χ1v) is 52.9. The van der Waals surface area contributed by atoms with Crippen LogP contribution < -0.4 is 42.8 Å². The summed E-state index contributed by atoms with van der Waals surface area (Å²) in [5, 5.41) is 7.48. The van der Waals surface area contributed by atoms with Gasteiger partial charge in [0.2, 0.25) is 42.3 Å². The number of anilines is 2. The Bertz CT molecular complexity index is 7650. The van der Waals surface area contributed by atoms with Crippen molar-refractivity contribution in [2.24, 2.45) is 0 Å². The summed E-state index contributed by atoms with van der Waals surface area (Å²) in [7, 11) is -6.55. The number of benzene rings is 11. The normalized spacial score (nSPS) is 12.0. The molecule has 6 heterocycles. The lowest BCUT2D eigenvalue weighted by Crippen LogP contribution is -2.41. The first-order chi connectivity index (χ1) is 68.3. The number of sulfone groups is 2. The maximum absolute atomic E-state index is 15.2. The molecule has 5 aromatic heterocycles. The molecule has 1 aliphatic rings. The van der Waals surface area contributed by atoms with Crippen molar-refractivity contribution in [3.05, 3.63) is 407 Å². The zero-order chi connectivity index (χ0) is 101. The summed E-state index contributed by atoms with van der Waals surface area (Å²) >= 11 is 21.3. The molecule has 1 aliphatic heterocycles. The third-order valence-electron chi connectivity index (χ3n) is 24.8. The number of aryl methyl sites for hydroxylation is 4. The van der Waals surface area contributed by atoms with Gasteiger partial charge in [-0.3, -0.25) is 47.3 Å². The van der Waals surface area contributed by atoms with E-state index in [-0.39, 0.29) is 84.8 Å². The molecule has 17 rings (SSSR count). The number of nitrogens with zero attached hydrogens (tertiary/aromatic N) is 9. The number of fused-ring (bicyclic) bond motifs is 4. The fraction of sp³-hybridized carbons (Fsp3) is 0.252. The molecule has 31 heteroatoms. The highest BCUT2D eigenvalue weighted by Crippen LogP contribution is 2.35. The fourth-order valence-electron chi connectivity index (χ4n) is 17.3. The van der Waals surface area contributed by atoms with Crippen LogP contribution in [0.3, 0.4) is 0 Å². The van der Waals surface area contributed by atoms with E-state index in [1.807, 2.05) is 182 Å². The quantitative estimate of drug-likeness (QED) is 0.0173. The number of Topliss-reactive ketones (excluding diaryl/α,β-unsaturated/α-hetero) is 1. The van der Waals surface area contributed by atoms with Gasteiger partial charge in [-0.25, -0.2) is 35.4 Å². The topological polar surface area (TPSA) is 264 Å². The first-order valence-electron chi connectivity index (χ1n) is 46.9. The molecule has 1 N–H and O–H groups in total. The van der Waals surface area contributed by atoms with E-state index in [0.717, 1.165) is 95.1 Å². The molecule has 0 unspecified atom stereocenters. The predicted molar refractivity (Wildman–Crippen MR) is 567 cm³/mol. The van der Waals surface area contributed by atoms with Crippen LogP contribution in [0.4, 0.5) is 20.2 Å². The maximum Gasteiger partial charge on any atom is 0.331 e. The molecule has 1 fully saturated rings. The number of unbranched alkanes of at least 4 members (excludes halogenated alkanes) is 2. The number of carbonyl (C=O) groups is 3. The maximum atomic E-state index is 15.2. The second kappa shape index (κ2) is 48.1. The zero-order valence-electron chi connectivity index (χ0n) is 79.8. The molecule has 0 saturated carbocycles. The molecule has 0 bridgehead atoms. The van der Waals surface area contributed by atoms with Gasteiger partial charge in [0.1, 0.15) is 26.1 Å². The second-order valence-corrected chi connectivity index (χ2v) is 41.9. The highest BCUT2D eigenvalue weighted by molar-refractivity contribution is 7.98. The second-order valence-electron chi connectivity index (χ2n) is 34.9. The van der Waals surface area contributed by atoms with Gasteiger partial charge in [0.15, 0.2) is 10.9 Å². The van der Waals surface area contributed by atoms with Crippen LogP contribution in [-0.4, -0.2) is 107 Å². The minimum atomic E-state index is -4.14. The number of thiophene rings is 1. The van der Waals surface area contributed by atoms with Crippen molar-refractivity contribution < 1.29 is 40.0 Å². The summed E-state index contributed by atoms with van der Waals surface area (Å²) in [4.78, 5) is 114. The van der Waals surface area contributed by atoms with Gasteiger partial charge >= 0.3 is 5.69 Å². The summed E-state index contributed by atoms with van der Waals surface area (Å²) in [5.41, 5.74) is 8.87. The number of thioether (sulfide) groups is 1. The molecule has 142 heavy (non-hydrogen) atoms. The van der Waals surface area contributed by atoms with Crippen LogP contribution >= 0.6 is 57.9 Å². The number of halogens is 5. The molecule has 734 valence electrons. The number of rotatable bonds is 33. The van der Waals surface area contributed by atoms with Crippen molar-refractivity contribution in [1.82, 2.24) is 38.0 Å². The van der Waals surface area contributed by atoms with Crippen molar-refractivity contribution in [2.75, 3.05) is 49.6 Å². The van der Waals surface area contributed by atoms with E-state index in [1.54, 1.807) is 112 Å². The highest BCUT2D eigenvalue weighted by Gasteiger charge is 2.31. The van der Waals surface area contributed by atoms with Crippen molar-refractivity contribution >= 4 is 149 Å². The van der Waals surface area contributed by atoms with Crippen LogP contribution in [0.5, 0.6) is 0 Å². The smallest absolute Gasteiger partial charge is 0.331 e. The summed E-state index contributed by atoms with van der Waals surface area (Å²) in [6.45, 7) is 15.9.